The van der Waals surface area contributed by atoms with Gasteiger partial charge in [-0.2, -0.15) is 0 Å². The Morgan fingerprint density at radius 1 is 1.03 bits per heavy atom. The minimum Gasteiger partial charge on any atom is -0.477 e. The Bertz CT molecular complexity index is 970. The van der Waals surface area contributed by atoms with Crippen LogP contribution in [0.2, 0.25) is 0 Å². The number of amides is 1. The molecule has 2 heterocycles. The number of nitrogens with one attached hydrogen (secondary N) is 1. The predicted molar refractivity (Wildman–Crippen MR) is 135 cm³/mol. The smallest absolute Gasteiger partial charge is 0.252 e. The van der Waals surface area contributed by atoms with Crippen LogP contribution in [0.25, 0.3) is 11.4 Å². The van der Waals surface area contributed by atoms with Crippen molar-refractivity contribution in [3.8, 4) is 17.3 Å². The van der Waals surface area contributed by atoms with Gasteiger partial charge in [-0.25, -0.2) is 15.0 Å². The third-order valence-corrected chi connectivity index (χ3v) is 5.89. The number of aromatic nitrogens is 3. The van der Waals surface area contributed by atoms with Gasteiger partial charge in [-0.15, -0.1) is 0 Å². The summed E-state index contributed by atoms with van der Waals surface area (Å²) in [6, 6.07) is 13.2. The van der Waals surface area contributed by atoms with E-state index in [1.54, 1.807) is 24.7 Å². The van der Waals surface area contributed by atoms with Crippen molar-refractivity contribution in [3.05, 3.63) is 72.2 Å². The number of ether oxygens (including phenoxy) is 1. The first-order valence-electron chi connectivity index (χ1n) is 10.9. The van der Waals surface area contributed by atoms with Crippen molar-refractivity contribution in [1.82, 2.24) is 20.3 Å². The molecule has 3 rings (SSSR count). The molecule has 3 aromatic rings. The lowest BCUT2D eigenvalue weighted by molar-refractivity contribution is 0.0940. The molecule has 1 N–H and O–H groups in total. The SMILES string of the molecule is Cc1ccc(-c2ncccn2)c(C(=O)NC[C@H](CCCCCI)COc2ccccn2)c1. The number of hydrogen-bond acceptors (Lipinski definition) is 5. The van der Waals surface area contributed by atoms with Crippen LogP contribution in [0.5, 0.6) is 5.88 Å². The second kappa shape index (κ2) is 13.1. The average Bonchev–Trinajstić information content (AvgIpc) is 2.84. The van der Waals surface area contributed by atoms with E-state index in [1.165, 1.54) is 17.3 Å². The van der Waals surface area contributed by atoms with Crippen LogP contribution < -0.4 is 10.1 Å². The fraction of sp³-hybridized carbons (Fsp3) is 0.360. The fourth-order valence-electron chi connectivity index (χ4n) is 3.40. The molecule has 0 aliphatic rings. The predicted octanol–water partition coefficient (Wildman–Crippen LogP) is 5.27. The fourth-order valence-corrected chi connectivity index (χ4v) is 3.94. The Labute approximate surface area is 203 Å². The van der Waals surface area contributed by atoms with Gasteiger partial charge in [0.05, 0.1) is 12.2 Å². The Kier molecular flexibility index (Phi) is 9.87. The molecule has 168 valence electrons. The average molecular weight is 544 g/mol. The van der Waals surface area contributed by atoms with Gasteiger partial charge in [0, 0.05) is 42.7 Å². The first-order chi connectivity index (χ1) is 15.7. The summed E-state index contributed by atoms with van der Waals surface area (Å²) in [6.07, 6.45) is 9.59. The van der Waals surface area contributed by atoms with Gasteiger partial charge >= 0.3 is 0 Å². The van der Waals surface area contributed by atoms with Gasteiger partial charge in [0.2, 0.25) is 5.88 Å². The molecule has 0 fully saturated rings. The van der Waals surface area contributed by atoms with E-state index < -0.39 is 0 Å². The summed E-state index contributed by atoms with van der Waals surface area (Å²) in [7, 11) is 0. The lowest BCUT2D eigenvalue weighted by Crippen LogP contribution is -2.32. The van der Waals surface area contributed by atoms with Gasteiger partial charge in [-0.1, -0.05) is 59.2 Å². The van der Waals surface area contributed by atoms with Gasteiger partial charge in [0.1, 0.15) is 0 Å². The normalized spacial score (nSPS) is 11.7. The third kappa shape index (κ3) is 7.55. The van der Waals surface area contributed by atoms with Crippen molar-refractivity contribution in [2.24, 2.45) is 5.92 Å². The van der Waals surface area contributed by atoms with Crippen LogP contribution in [0.4, 0.5) is 0 Å². The van der Waals surface area contributed by atoms with Crippen LogP contribution >= 0.6 is 22.6 Å². The summed E-state index contributed by atoms with van der Waals surface area (Å²) in [6.45, 7) is 3.03. The molecular formula is C25H29IN4O2. The van der Waals surface area contributed by atoms with Crippen LogP contribution in [0, 0.1) is 12.8 Å². The van der Waals surface area contributed by atoms with E-state index in [2.05, 4.69) is 42.9 Å². The molecule has 32 heavy (non-hydrogen) atoms. The molecule has 1 amide bonds. The number of rotatable bonds is 12. The molecule has 0 saturated carbocycles. The number of alkyl halides is 1. The van der Waals surface area contributed by atoms with Gasteiger partial charge in [-0.3, -0.25) is 4.79 Å². The quantitative estimate of drug-likeness (QED) is 0.191. The molecule has 0 unspecified atom stereocenters. The highest BCUT2D eigenvalue weighted by molar-refractivity contribution is 14.1. The lowest BCUT2D eigenvalue weighted by Gasteiger charge is -2.19. The lowest BCUT2D eigenvalue weighted by atomic mass is 10.0. The molecule has 2 aromatic heterocycles. The molecule has 0 bridgehead atoms. The highest BCUT2D eigenvalue weighted by atomic mass is 127. The van der Waals surface area contributed by atoms with E-state index in [1.807, 2.05) is 43.3 Å². The Morgan fingerprint density at radius 3 is 2.59 bits per heavy atom. The number of benzene rings is 1. The molecule has 6 nitrogen and oxygen atoms in total. The largest absolute Gasteiger partial charge is 0.477 e. The summed E-state index contributed by atoms with van der Waals surface area (Å²) in [5.41, 5.74) is 2.34. The zero-order chi connectivity index (χ0) is 22.6. The molecule has 0 radical (unpaired) electrons. The van der Waals surface area contributed by atoms with E-state index in [9.17, 15) is 4.79 Å². The first kappa shape index (κ1) is 24.1. The van der Waals surface area contributed by atoms with Gasteiger partial charge in [0.25, 0.3) is 5.91 Å². The number of nitrogens with zero attached hydrogens (tertiary/aromatic N) is 3. The van der Waals surface area contributed by atoms with E-state index in [4.69, 9.17) is 4.74 Å². The van der Waals surface area contributed by atoms with E-state index in [-0.39, 0.29) is 11.8 Å². The Hall–Kier alpha value is -2.55. The Morgan fingerprint density at radius 2 is 1.84 bits per heavy atom. The Balaban J connectivity index is 1.66. The van der Waals surface area contributed by atoms with E-state index >= 15 is 0 Å². The van der Waals surface area contributed by atoms with Crippen molar-refractivity contribution < 1.29 is 9.53 Å². The number of carbonyl (C=O) groups excluding carboxylic acids is 1. The van der Waals surface area contributed by atoms with E-state index in [0.717, 1.165) is 24.0 Å². The molecule has 1 aromatic carbocycles. The van der Waals surface area contributed by atoms with E-state index in [0.29, 0.717) is 30.4 Å². The number of halogens is 1. The van der Waals surface area contributed by atoms with Crippen LogP contribution in [0.3, 0.4) is 0 Å². The van der Waals surface area contributed by atoms with Crippen molar-refractivity contribution in [3.63, 3.8) is 0 Å². The molecule has 0 saturated heterocycles. The van der Waals surface area contributed by atoms with Crippen molar-refractivity contribution >= 4 is 28.5 Å². The van der Waals surface area contributed by atoms with Crippen LogP contribution in [-0.4, -0.2) is 38.4 Å². The molecule has 7 heteroatoms. The maximum absolute atomic E-state index is 13.1. The second-order valence-electron chi connectivity index (χ2n) is 7.71. The second-order valence-corrected chi connectivity index (χ2v) is 8.79. The van der Waals surface area contributed by atoms with Crippen LogP contribution in [-0.2, 0) is 0 Å². The number of unbranched alkanes of at least 4 members (excludes halogenated alkanes) is 2. The van der Waals surface area contributed by atoms with Gasteiger partial charge in [-0.05, 0) is 42.4 Å². The highest BCUT2D eigenvalue weighted by Gasteiger charge is 2.17. The highest BCUT2D eigenvalue weighted by Crippen LogP contribution is 2.21. The minimum atomic E-state index is -0.119. The third-order valence-electron chi connectivity index (χ3n) is 5.13. The van der Waals surface area contributed by atoms with Crippen molar-refractivity contribution in [2.45, 2.75) is 32.6 Å². The summed E-state index contributed by atoms with van der Waals surface area (Å²) < 4.78 is 7.06. The number of pyridine rings is 1. The topological polar surface area (TPSA) is 77.0 Å². The summed E-state index contributed by atoms with van der Waals surface area (Å²) >= 11 is 2.41. The zero-order valence-electron chi connectivity index (χ0n) is 18.3. The first-order valence-corrected chi connectivity index (χ1v) is 12.5. The molecular weight excluding hydrogens is 515 g/mol. The molecule has 0 spiro atoms. The molecule has 0 aliphatic carbocycles. The number of carbonyl (C=O) groups is 1. The summed E-state index contributed by atoms with van der Waals surface area (Å²) in [5.74, 6) is 1.24. The maximum atomic E-state index is 13.1. The number of hydrogen-bond donors (Lipinski definition) is 1. The summed E-state index contributed by atoms with van der Waals surface area (Å²) in [5, 5.41) is 3.12. The maximum Gasteiger partial charge on any atom is 0.252 e. The van der Waals surface area contributed by atoms with Crippen molar-refractivity contribution in [1.29, 1.82) is 0 Å². The van der Waals surface area contributed by atoms with Crippen LogP contribution in [0.15, 0.2) is 61.1 Å². The van der Waals surface area contributed by atoms with Crippen molar-refractivity contribution in [2.75, 3.05) is 17.6 Å². The monoisotopic (exact) mass is 544 g/mol. The van der Waals surface area contributed by atoms with Gasteiger partial charge < -0.3 is 10.1 Å². The van der Waals surface area contributed by atoms with Gasteiger partial charge in [0.15, 0.2) is 5.82 Å². The molecule has 1 atom stereocenters. The number of aryl methyl sites for hydroxylation is 1. The molecule has 0 aliphatic heterocycles. The van der Waals surface area contributed by atoms with Crippen LogP contribution in [0.1, 0.15) is 41.6 Å². The summed E-state index contributed by atoms with van der Waals surface area (Å²) in [4.78, 5) is 26.0. The minimum absolute atomic E-state index is 0.119. The standard InChI is InChI=1S/C25H29IN4O2/c1-19-10-11-21(24-28-14-7-15-29-24)22(16-19)25(31)30-17-20(8-3-2-5-12-26)18-32-23-9-4-6-13-27-23/h4,6-7,9-11,13-16,20H,2-3,5,8,12,17-18H2,1H3,(H,30,31)/t20-/m0/s1. The zero-order valence-corrected chi connectivity index (χ0v) is 20.5.